The molecule has 31 heavy (non-hydrogen) atoms. The van der Waals surface area contributed by atoms with Gasteiger partial charge in [0, 0.05) is 45.0 Å². The minimum atomic E-state index is -0.603. The number of benzene rings is 2. The Kier molecular flexibility index (Phi) is 8.04. The van der Waals surface area contributed by atoms with Crippen LogP contribution in [0.25, 0.3) is 0 Å². The highest BCUT2D eigenvalue weighted by molar-refractivity contribution is 6.18. The van der Waals surface area contributed by atoms with E-state index in [0.29, 0.717) is 37.7 Å². The molecule has 2 aromatic rings. The van der Waals surface area contributed by atoms with E-state index in [0.717, 1.165) is 30.8 Å². The zero-order valence-electron chi connectivity index (χ0n) is 18.2. The van der Waals surface area contributed by atoms with Crippen LogP contribution in [0.1, 0.15) is 25.0 Å². The number of ether oxygens (including phenoxy) is 2. The van der Waals surface area contributed by atoms with Crippen LogP contribution in [0.15, 0.2) is 48.5 Å². The third-order valence-corrected chi connectivity index (χ3v) is 5.46. The molecule has 0 bridgehead atoms. The third kappa shape index (κ3) is 7.33. The van der Waals surface area contributed by atoms with Crippen molar-refractivity contribution in [1.29, 1.82) is 0 Å². The number of amides is 1. The molecule has 2 aromatic carbocycles. The van der Waals surface area contributed by atoms with Crippen LogP contribution in [0.4, 0.5) is 4.79 Å². The molecule has 168 valence electrons. The van der Waals surface area contributed by atoms with Crippen LogP contribution in [0.3, 0.4) is 0 Å². The van der Waals surface area contributed by atoms with Gasteiger partial charge >= 0.3 is 6.09 Å². The van der Waals surface area contributed by atoms with E-state index in [2.05, 4.69) is 4.90 Å². The molecule has 0 saturated carbocycles. The number of carbonyl (C=O) groups excluding carboxylic acids is 1. The Hall–Kier alpha value is -2.44. The predicted molar refractivity (Wildman–Crippen MR) is 122 cm³/mol. The van der Waals surface area contributed by atoms with Gasteiger partial charge < -0.3 is 19.5 Å². The molecule has 0 atom stereocenters. The van der Waals surface area contributed by atoms with Gasteiger partial charge in [-0.25, -0.2) is 4.79 Å². The van der Waals surface area contributed by atoms with Gasteiger partial charge in [0.25, 0.3) is 0 Å². The van der Waals surface area contributed by atoms with Gasteiger partial charge in [-0.3, -0.25) is 4.90 Å². The Morgan fingerprint density at radius 3 is 2.23 bits per heavy atom. The molecule has 0 radical (unpaired) electrons. The van der Waals surface area contributed by atoms with Crippen molar-refractivity contribution in [2.24, 2.45) is 0 Å². The first-order valence-corrected chi connectivity index (χ1v) is 11.1. The van der Waals surface area contributed by atoms with Crippen LogP contribution < -0.4 is 4.74 Å². The lowest BCUT2D eigenvalue weighted by Crippen LogP contribution is -2.50. The van der Waals surface area contributed by atoms with Gasteiger partial charge in [-0.2, -0.15) is 0 Å². The van der Waals surface area contributed by atoms with Crippen molar-refractivity contribution >= 4 is 17.7 Å². The van der Waals surface area contributed by atoms with E-state index < -0.39 is 5.60 Å². The summed E-state index contributed by atoms with van der Waals surface area (Å²) in [6.07, 6.45) is 0.374. The van der Waals surface area contributed by atoms with Gasteiger partial charge in [0.2, 0.25) is 0 Å². The molecule has 1 aliphatic rings. The van der Waals surface area contributed by atoms with Crippen molar-refractivity contribution in [2.75, 3.05) is 38.6 Å². The van der Waals surface area contributed by atoms with Gasteiger partial charge in [-0.05, 0) is 49.2 Å². The summed E-state index contributed by atoms with van der Waals surface area (Å²) in [7, 11) is 0. The van der Waals surface area contributed by atoms with Gasteiger partial charge in [-0.15, -0.1) is 11.6 Å². The summed E-state index contributed by atoms with van der Waals surface area (Å²) >= 11 is 5.80. The molecular weight excluding hydrogens is 416 g/mol. The molecule has 1 saturated heterocycles. The Balaban J connectivity index is 1.46. The van der Waals surface area contributed by atoms with Gasteiger partial charge in [0.05, 0.1) is 0 Å². The molecule has 7 heteroatoms. The summed E-state index contributed by atoms with van der Waals surface area (Å²) < 4.78 is 11.6. The lowest BCUT2D eigenvalue weighted by molar-refractivity contribution is 0.00523. The van der Waals surface area contributed by atoms with E-state index >= 15 is 0 Å². The second kappa shape index (κ2) is 10.7. The molecule has 1 fully saturated rings. The molecule has 3 rings (SSSR count). The van der Waals surface area contributed by atoms with Crippen molar-refractivity contribution < 1.29 is 19.4 Å². The molecule has 0 spiro atoms. The summed E-state index contributed by atoms with van der Waals surface area (Å²) in [4.78, 5) is 16.6. The number of nitrogens with zero attached hydrogens (tertiary/aromatic N) is 2. The predicted octanol–water partition coefficient (Wildman–Crippen LogP) is 4.29. The summed E-state index contributed by atoms with van der Waals surface area (Å²) in [5.74, 6) is 1.53. The number of hydrogen-bond donors (Lipinski definition) is 1. The van der Waals surface area contributed by atoms with Crippen LogP contribution in [-0.4, -0.2) is 65.2 Å². The number of phenolic OH excluding ortho intramolecular Hbond substituents is 1. The molecular formula is C24H31ClN2O4. The topological polar surface area (TPSA) is 62.2 Å². The highest BCUT2D eigenvalue weighted by atomic mass is 35.5. The zero-order chi connectivity index (χ0) is 22.3. The molecule has 6 nitrogen and oxygen atoms in total. The van der Waals surface area contributed by atoms with Gasteiger partial charge in [0.15, 0.2) is 0 Å². The lowest BCUT2D eigenvalue weighted by atomic mass is 9.97. The number of alkyl halides is 1. The second-order valence-corrected chi connectivity index (χ2v) is 8.80. The highest BCUT2D eigenvalue weighted by Gasteiger charge is 2.28. The Morgan fingerprint density at radius 2 is 1.61 bits per heavy atom. The van der Waals surface area contributed by atoms with Crippen molar-refractivity contribution in [2.45, 2.75) is 32.5 Å². The molecule has 1 amide bonds. The van der Waals surface area contributed by atoms with Crippen molar-refractivity contribution in [3.63, 3.8) is 0 Å². The quantitative estimate of drug-likeness (QED) is 0.613. The number of piperazine rings is 1. The summed E-state index contributed by atoms with van der Waals surface area (Å²) in [6, 6.07) is 14.8. The third-order valence-electron chi connectivity index (χ3n) is 5.29. The van der Waals surface area contributed by atoms with E-state index in [-0.39, 0.29) is 11.8 Å². The van der Waals surface area contributed by atoms with E-state index in [1.165, 1.54) is 0 Å². The largest absolute Gasteiger partial charge is 0.508 e. The summed E-state index contributed by atoms with van der Waals surface area (Å²) in [5, 5.41) is 9.33. The van der Waals surface area contributed by atoms with Crippen LogP contribution in [0, 0.1) is 0 Å². The lowest BCUT2D eigenvalue weighted by Gasteiger charge is -2.36. The second-order valence-electron chi connectivity index (χ2n) is 8.42. The molecule has 1 N–H and O–H groups in total. The highest BCUT2D eigenvalue weighted by Crippen LogP contribution is 2.21. The zero-order valence-corrected chi connectivity index (χ0v) is 19.0. The smallest absolute Gasteiger partial charge is 0.410 e. The molecule has 1 aliphatic heterocycles. The van der Waals surface area contributed by atoms with Crippen LogP contribution in [0.2, 0.25) is 0 Å². The minimum absolute atomic E-state index is 0.216. The molecule has 0 unspecified atom stereocenters. The first kappa shape index (κ1) is 23.2. The molecule has 1 heterocycles. The normalized spacial score (nSPS) is 15.0. The summed E-state index contributed by atoms with van der Waals surface area (Å²) in [6.45, 7) is 8.17. The fourth-order valence-electron chi connectivity index (χ4n) is 3.56. The van der Waals surface area contributed by atoms with Crippen molar-refractivity contribution in [3.8, 4) is 11.5 Å². The molecule has 0 aliphatic carbocycles. The monoisotopic (exact) mass is 446 g/mol. The van der Waals surface area contributed by atoms with Crippen molar-refractivity contribution in [3.05, 3.63) is 59.7 Å². The van der Waals surface area contributed by atoms with E-state index in [4.69, 9.17) is 21.1 Å². The maximum atomic E-state index is 12.6. The van der Waals surface area contributed by atoms with Gasteiger partial charge in [-0.1, -0.05) is 24.3 Å². The average molecular weight is 447 g/mol. The average Bonchev–Trinajstić information content (AvgIpc) is 2.74. The van der Waals surface area contributed by atoms with Crippen LogP contribution >= 0.6 is 11.6 Å². The fraction of sp³-hybridized carbons (Fsp3) is 0.458. The van der Waals surface area contributed by atoms with Crippen LogP contribution in [0.5, 0.6) is 11.5 Å². The number of halogens is 1. The first-order valence-electron chi connectivity index (χ1n) is 10.6. The van der Waals surface area contributed by atoms with Crippen LogP contribution in [-0.2, 0) is 17.8 Å². The molecule has 0 aromatic heterocycles. The maximum Gasteiger partial charge on any atom is 0.410 e. The Labute approximate surface area is 189 Å². The Morgan fingerprint density at radius 1 is 1.00 bits per heavy atom. The van der Waals surface area contributed by atoms with Crippen molar-refractivity contribution in [1.82, 2.24) is 9.80 Å². The summed E-state index contributed by atoms with van der Waals surface area (Å²) in [5.41, 5.74) is 1.54. The first-order chi connectivity index (χ1) is 14.8. The number of rotatable bonds is 8. The number of phenols is 1. The maximum absolute atomic E-state index is 12.6. The van der Waals surface area contributed by atoms with E-state index in [1.807, 2.05) is 38.1 Å². The minimum Gasteiger partial charge on any atom is -0.508 e. The standard InChI is InChI=1S/C24H31ClN2O4/c1-24(2,31-23(29)27-15-13-26(12-11-25)14-16-27)17-19-3-5-20(6-4-19)18-30-22-9-7-21(28)8-10-22/h3-10,28H,11-18H2,1-2H3. The van der Waals surface area contributed by atoms with E-state index in [9.17, 15) is 9.90 Å². The number of hydrogen-bond acceptors (Lipinski definition) is 5. The van der Waals surface area contributed by atoms with E-state index in [1.54, 1.807) is 29.2 Å². The van der Waals surface area contributed by atoms with Gasteiger partial charge in [0.1, 0.15) is 23.7 Å². The number of carbonyl (C=O) groups is 1. The number of aromatic hydroxyl groups is 1. The Bertz CT molecular complexity index is 832. The fourth-order valence-corrected chi connectivity index (χ4v) is 3.80. The SMILES string of the molecule is CC(C)(Cc1ccc(COc2ccc(O)cc2)cc1)OC(=O)N1CCN(CCCl)CC1.